The van der Waals surface area contributed by atoms with E-state index in [0.717, 1.165) is 0 Å². The van der Waals surface area contributed by atoms with Crippen LogP contribution in [0.1, 0.15) is 6.92 Å². The molecular weight excluding hydrogens is 206 g/mol. The number of aromatic nitrogens is 1. The molecule has 0 radical (unpaired) electrons. The van der Waals surface area contributed by atoms with Gasteiger partial charge in [-0.3, -0.25) is 9.59 Å². The fourth-order valence-corrected chi connectivity index (χ4v) is 1.50. The molecule has 0 fully saturated rings. The van der Waals surface area contributed by atoms with Crippen LogP contribution in [0.25, 0.3) is 10.8 Å². The SMILES string of the molecule is CC(=O)COc1cccc2c(=O)[nH]ccc12. The highest BCUT2D eigenvalue weighted by molar-refractivity contribution is 5.87. The van der Waals surface area contributed by atoms with E-state index in [1.165, 1.54) is 6.92 Å². The van der Waals surface area contributed by atoms with Crippen molar-refractivity contribution in [2.45, 2.75) is 6.92 Å². The van der Waals surface area contributed by atoms with Gasteiger partial charge >= 0.3 is 0 Å². The van der Waals surface area contributed by atoms with Crippen LogP contribution < -0.4 is 10.3 Å². The molecular formula is C12H11NO3. The average Bonchev–Trinajstić information content (AvgIpc) is 2.27. The number of H-pyrrole nitrogens is 1. The quantitative estimate of drug-likeness (QED) is 0.847. The summed E-state index contributed by atoms with van der Waals surface area (Å²) in [4.78, 5) is 24.9. The summed E-state index contributed by atoms with van der Waals surface area (Å²) in [6.07, 6.45) is 1.56. The van der Waals surface area contributed by atoms with E-state index in [1.807, 2.05) is 0 Å². The van der Waals surface area contributed by atoms with E-state index in [2.05, 4.69) is 4.98 Å². The molecule has 1 aromatic heterocycles. The topological polar surface area (TPSA) is 59.2 Å². The van der Waals surface area contributed by atoms with Crippen molar-refractivity contribution >= 4 is 16.6 Å². The monoisotopic (exact) mass is 217 g/mol. The van der Waals surface area contributed by atoms with Gasteiger partial charge in [0.25, 0.3) is 5.56 Å². The number of rotatable bonds is 3. The Morgan fingerprint density at radius 2 is 2.12 bits per heavy atom. The standard InChI is InChI=1S/C12H11NO3/c1-8(14)7-16-11-4-2-3-10-9(11)5-6-13-12(10)15/h2-6H,7H2,1H3,(H,13,15). The molecule has 0 aliphatic heterocycles. The Hall–Kier alpha value is -2.10. The van der Waals surface area contributed by atoms with Gasteiger partial charge in [0.05, 0.1) is 5.39 Å². The van der Waals surface area contributed by atoms with E-state index in [4.69, 9.17) is 4.74 Å². The molecule has 2 aromatic rings. The van der Waals surface area contributed by atoms with Gasteiger partial charge in [-0.05, 0) is 25.1 Å². The van der Waals surface area contributed by atoms with Gasteiger partial charge < -0.3 is 9.72 Å². The molecule has 1 aromatic carbocycles. The lowest BCUT2D eigenvalue weighted by Crippen LogP contribution is -2.09. The molecule has 0 aliphatic carbocycles. The Kier molecular flexibility index (Phi) is 2.72. The van der Waals surface area contributed by atoms with E-state index in [0.29, 0.717) is 16.5 Å². The van der Waals surface area contributed by atoms with E-state index in [1.54, 1.807) is 30.5 Å². The fraction of sp³-hybridized carbons (Fsp3) is 0.167. The summed E-state index contributed by atoms with van der Waals surface area (Å²) >= 11 is 0. The normalized spacial score (nSPS) is 10.3. The third-order valence-corrected chi connectivity index (χ3v) is 2.21. The van der Waals surface area contributed by atoms with Crippen LogP contribution in [0.15, 0.2) is 35.3 Å². The minimum Gasteiger partial charge on any atom is -0.485 e. The van der Waals surface area contributed by atoms with Crippen LogP contribution in [0.5, 0.6) is 5.75 Å². The number of fused-ring (bicyclic) bond motifs is 1. The molecule has 0 spiro atoms. The molecule has 0 amide bonds. The third kappa shape index (κ3) is 1.95. The lowest BCUT2D eigenvalue weighted by Gasteiger charge is -2.06. The summed E-state index contributed by atoms with van der Waals surface area (Å²) in [5, 5.41) is 1.27. The van der Waals surface area contributed by atoms with Crippen LogP contribution in [0.3, 0.4) is 0 Å². The zero-order valence-electron chi connectivity index (χ0n) is 8.82. The van der Waals surface area contributed by atoms with Crippen LogP contribution in [0, 0.1) is 0 Å². The number of carbonyl (C=O) groups is 1. The molecule has 1 heterocycles. The number of aromatic amines is 1. The summed E-state index contributed by atoms with van der Waals surface area (Å²) in [5.74, 6) is 0.501. The predicted octanol–water partition coefficient (Wildman–Crippen LogP) is 1.50. The van der Waals surface area contributed by atoms with Gasteiger partial charge in [-0.2, -0.15) is 0 Å². The predicted molar refractivity (Wildman–Crippen MR) is 60.7 cm³/mol. The Balaban J connectivity index is 2.50. The number of pyridine rings is 1. The molecule has 0 unspecified atom stereocenters. The molecule has 4 nitrogen and oxygen atoms in total. The maximum absolute atomic E-state index is 11.5. The van der Waals surface area contributed by atoms with Crippen molar-refractivity contribution < 1.29 is 9.53 Å². The number of carbonyl (C=O) groups excluding carboxylic acids is 1. The zero-order chi connectivity index (χ0) is 11.5. The molecule has 16 heavy (non-hydrogen) atoms. The minimum absolute atomic E-state index is 0.0198. The zero-order valence-corrected chi connectivity index (χ0v) is 8.82. The average molecular weight is 217 g/mol. The van der Waals surface area contributed by atoms with Crippen LogP contribution in [0.4, 0.5) is 0 Å². The Labute approximate surface area is 91.9 Å². The summed E-state index contributed by atoms with van der Waals surface area (Å²) in [5.41, 5.74) is -0.161. The second kappa shape index (κ2) is 4.18. The molecule has 0 saturated carbocycles. The first-order valence-electron chi connectivity index (χ1n) is 4.91. The molecule has 0 atom stereocenters. The molecule has 0 bridgehead atoms. The molecule has 1 N–H and O–H groups in total. The number of ether oxygens (including phenoxy) is 1. The molecule has 0 saturated heterocycles. The minimum atomic E-state index is -0.161. The van der Waals surface area contributed by atoms with Crippen molar-refractivity contribution in [3.8, 4) is 5.75 Å². The van der Waals surface area contributed by atoms with Crippen LogP contribution in [-0.2, 0) is 4.79 Å². The van der Waals surface area contributed by atoms with E-state index >= 15 is 0 Å². The van der Waals surface area contributed by atoms with Crippen molar-refractivity contribution in [1.29, 1.82) is 0 Å². The van der Waals surface area contributed by atoms with Crippen LogP contribution >= 0.6 is 0 Å². The first-order chi connectivity index (χ1) is 7.68. The lowest BCUT2D eigenvalue weighted by molar-refractivity contribution is -0.118. The molecule has 2 rings (SSSR count). The Bertz CT molecular complexity index is 586. The summed E-state index contributed by atoms with van der Waals surface area (Å²) < 4.78 is 5.33. The van der Waals surface area contributed by atoms with Crippen LogP contribution in [-0.4, -0.2) is 17.4 Å². The number of nitrogens with one attached hydrogen (secondary N) is 1. The third-order valence-electron chi connectivity index (χ3n) is 2.21. The summed E-state index contributed by atoms with van der Waals surface area (Å²) in [6, 6.07) is 6.94. The van der Waals surface area contributed by atoms with Crippen molar-refractivity contribution in [2.24, 2.45) is 0 Å². The molecule has 0 aliphatic rings. The van der Waals surface area contributed by atoms with Gasteiger partial charge in [0.1, 0.15) is 12.4 Å². The first-order valence-corrected chi connectivity index (χ1v) is 4.91. The fourth-order valence-electron chi connectivity index (χ4n) is 1.50. The second-order valence-corrected chi connectivity index (χ2v) is 3.51. The second-order valence-electron chi connectivity index (χ2n) is 3.51. The van der Waals surface area contributed by atoms with Crippen molar-refractivity contribution in [2.75, 3.05) is 6.61 Å². The van der Waals surface area contributed by atoms with Gasteiger partial charge in [0.15, 0.2) is 5.78 Å². The van der Waals surface area contributed by atoms with E-state index in [9.17, 15) is 9.59 Å². The van der Waals surface area contributed by atoms with Gasteiger partial charge in [-0.1, -0.05) is 6.07 Å². The van der Waals surface area contributed by atoms with E-state index < -0.39 is 0 Å². The van der Waals surface area contributed by atoms with Crippen LogP contribution in [0.2, 0.25) is 0 Å². The van der Waals surface area contributed by atoms with E-state index in [-0.39, 0.29) is 17.9 Å². The lowest BCUT2D eigenvalue weighted by atomic mass is 10.1. The van der Waals surface area contributed by atoms with Gasteiger partial charge in [-0.15, -0.1) is 0 Å². The summed E-state index contributed by atoms with van der Waals surface area (Å²) in [6.45, 7) is 1.48. The summed E-state index contributed by atoms with van der Waals surface area (Å²) in [7, 11) is 0. The number of Topliss-reactive ketones (excluding diaryl/α,β-unsaturated/α-hetero) is 1. The largest absolute Gasteiger partial charge is 0.485 e. The Morgan fingerprint density at radius 3 is 2.88 bits per heavy atom. The highest BCUT2D eigenvalue weighted by atomic mass is 16.5. The highest BCUT2D eigenvalue weighted by Crippen LogP contribution is 2.22. The van der Waals surface area contributed by atoms with Crippen molar-refractivity contribution in [3.05, 3.63) is 40.8 Å². The van der Waals surface area contributed by atoms with Gasteiger partial charge in [0.2, 0.25) is 0 Å². The molecule has 82 valence electrons. The number of hydrogen-bond donors (Lipinski definition) is 1. The number of benzene rings is 1. The highest BCUT2D eigenvalue weighted by Gasteiger charge is 2.04. The van der Waals surface area contributed by atoms with Crippen molar-refractivity contribution in [3.63, 3.8) is 0 Å². The maximum atomic E-state index is 11.5. The smallest absolute Gasteiger partial charge is 0.255 e. The molecule has 4 heteroatoms. The van der Waals surface area contributed by atoms with Gasteiger partial charge in [0, 0.05) is 11.6 Å². The number of ketones is 1. The number of hydrogen-bond acceptors (Lipinski definition) is 3. The first kappa shape index (κ1) is 10.4. The maximum Gasteiger partial charge on any atom is 0.255 e. The Morgan fingerprint density at radius 1 is 1.31 bits per heavy atom. The van der Waals surface area contributed by atoms with Crippen molar-refractivity contribution in [1.82, 2.24) is 4.98 Å². The van der Waals surface area contributed by atoms with Gasteiger partial charge in [-0.25, -0.2) is 0 Å².